The van der Waals surface area contributed by atoms with Crippen LogP contribution in [0.2, 0.25) is 0 Å². The molecule has 324 valence electrons. The van der Waals surface area contributed by atoms with Gasteiger partial charge in [0.1, 0.15) is 11.2 Å². The molecule has 4 nitrogen and oxygen atoms in total. The van der Waals surface area contributed by atoms with Crippen molar-refractivity contribution in [2.24, 2.45) is 15.0 Å². The second-order valence-corrected chi connectivity index (χ2v) is 16.8. The Hall–Kier alpha value is -8.73. The number of rotatable bonds is 7. The lowest BCUT2D eigenvalue weighted by molar-refractivity contribution is 0.673. The maximum absolute atomic E-state index is 6.61. The first-order valence-electron chi connectivity index (χ1n) is 23.3. The predicted molar refractivity (Wildman–Crippen MR) is 291 cm³/mol. The van der Waals surface area contributed by atoms with Gasteiger partial charge < -0.3 is 4.42 Å². The topological polar surface area (TPSA) is 50.2 Å². The van der Waals surface area contributed by atoms with Gasteiger partial charge in [-0.25, -0.2) is 9.98 Å². The smallest absolute Gasteiger partial charge is 0.161 e. The van der Waals surface area contributed by atoms with Crippen LogP contribution in [0, 0.1) is 0 Å². The van der Waals surface area contributed by atoms with Gasteiger partial charge in [-0.3, -0.25) is 4.99 Å². The average Bonchev–Trinajstić information content (AvgIpc) is 3.81. The van der Waals surface area contributed by atoms with Crippen LogP contribution in [0.15, 0.2) is 244 Å². The van der Waals surface area contributed by atoms with Gasteiger partial charge in [-0.05, 0) is 114 Å². The van der Waals surface area contributed by atoms with Gasteiger partial charge in [0, 0.05) is 27.3 Å². The summed E-state index contributed by atoms with van der Waals surface area (Å²) < 4.78 is 6.61. The predicted octanol–water partition coefficient (Wildman–Crippen LogP) is 17.3. The maximum Gasteiger partial charge on any atom is 0.161 e. The Labute approximate surface area is 395 Å². The van der Waals surface area contributed by atoms with E-state index in [4.69, 9.17) is 14.4 Å². The molecule has 1 aromatic heterocycles. The van der Waals surface area contributed by atoms with Crippen molar-refractivity contribution < 1.29 is 4.42 Å². The van der Waals surface area contributed by atoms with E-state index in [1.807, 2.05) is 32.0 Å². The summed E-state index contributed by atoms with van der Waals surface area (Å²) in [5.74, 6) is 1.14. The van der Waals surface area contributed by atoms with Crippen molar-refractivity contribution in [2.75, 3.05) is 0 Å². The van der Waals surface area contributed by atoms with Crippen LogP contribution in [0.25, 0.3) is 98.4 Å². The lowest BCUT2D eigenvalue weighted by atomic mass is 9.94. The zero-order chi connectivity index (χ0) is 46.0. The minimum Gasteiger partial charge on any atom is -0.455 e. The van der Waals surface area contributed by atoms with E-state index in [1.165, 1.54) is 16.2 Å². The minimum atomic E-state index is 0.430. The molecule has 0 aliphatic heterocycles. The Kier molecular flexibility index (Phi) is 11.3. The van der Waals surface area contributed by atoms with Crippen molar-refractivity contribution in [1.82, 2.24) is 0 Å². The number of nitrogens with zero attached hydrogens (tertiary/aromatic N) is 3. The lowest BCUT2D eigenvalue weighted by Gasteiger charge is -2.11. The summed E-state index contributed by atoms with van der Waals surface area (Å²) in [6, 6.07) is 79.2. The Morgan fingerprint density at radius 1 is 0.397 bits per heavy atom. The van der Waals surface area contributed by atoms with Crippen LogP contribution in [0.3, 0.4) is 0 Å². The zero-order valence-electron chi connectivity index (χ0n) is 38.0. The molecule has 0 amide bonds. The van der Waals surface area contributed by atoms with Gasteiger partial charge in [-0.2, -0.15) is 0 Å². The molecule has 0 aliphatic carbocycles. The van der Waals surface area contributed by atoms with Crippen molar-refractivity contribution in [3.63, 3.8) is 0 Å². The molecule has 0 saturated heterocycles. The molecule has 12 aromatic rings. The van der Waals surface area contributed by atoms with E-state index in [2.05, 4.69) is 218 Å². The van der Waals surface area contributed by atoms with E-state index in [0.29, 0.717) is 18.2 Å². The van der Waals surface area contributed by atoms with Crippen LogP contribution < -0.4 is 0 Å². The molecule has 0 fully saturated rings. The van der Waals surface area contributed by atoms with Crippen molar-refractivity contribution in [3.05, 3.63) is 241 Å². The van der Waals surface area contributed by atoms with E-state index < -0.39 is 0 Å². The highest BCUT2D eigenvalue weighted by Gasteiger charge is 2.17. The van der Waals surface area contributed by atoms with Crippen molar-refractivity contribution in [1.29, 1.82) is 0 Å². The molecule has 0 unspecified atom stereocenters. The van der Waals surface area contributed by atoms with E-state index >= 15 is 0 Å². The molecule has 0 atom stereocenters. The molecule has 11 aromatic carbocycles. The summed E-state index contributed by atoms with van der Waals surface area (Å²) in [5.41, 5.74) is 11.6. The Balaban J connectivity index is 0.00000250. The number of furan rings is 1. The van der Waals surface area contributed by atoms with Crippen LogP contribution >= 0.6 is 0 Å². The molecule has 0 radical (unpaired) electrons. The molecule has 0 N–H and O–H groups in total. The summed E-state index contributed by atoms with van der Waals surface area (Å²) in [7, 11) is 0. The van der Waals surface area contributed by atoms with Crippen molar-refractivity contribution >= 4 is 83.4 Å². The summed E-state index contributed by atoms with van der Waals surface area (Å²) in [6.07, 6.45) is 0. The normalized spacial score (nSPS) is 12.0. The molecule has 68 heavy (non-hydrogen) atoms. The highest BCUT2D eigenvalue weighted by atomic mass is 16.3. The summed E-state index contributed by atoms with van der Waals surface area (Å²) in [6.45, 7) is 8.39. The lowest BCUT2D eigenvalue weighted by Crippen LogP contribution is -2.07. The third-order valence-electron chi connectivity index (χ3n) is 12.8. The first kappa shape index (κ1) is 41.9. The Morgan fingerprint density at radius 3 is 1.46 bits per heavy atom. The number of hydrogen-bond acceptors (Lipinski definition) is 2. The molecule has 4 heteroatoms. The highest BCUT2D eigenvalue weighted by Crippen LogP contribution is 2.42. The van der Waals surface area contributed by atoms with Gasteiger partial charge >= 0.3 is 0 Å². The second kappa shape index (κ2) is 18.3. The molecular weight excluding hydrogens is 827 g/mol. The minimum absolute atomic E-state index is 0.430. The van der Waals surface area contributed by atoms with E-state index in [0.717, 1.165) is 98.9 Å². The van der Waals surface area contributed by atoms with Crippen LogP contribution in [0.5, 0.6) is 0 Å². The summed E-state index contributed by atoms with van der Waals surface area (Å²) in [5, 5.41) is 11.5. The number of amidine groups is 2. The Morgan fingerprint density at radius 2 is 0.853 bits per heavy atom. The van der Waals surface area contributed by atoms with Crippen LogP contribution in [0.1, 0.15) is 30.5 Å². The summed E-state index contributed by atoms with van der Waals surface area (Å²) in [4.78, 5) is 14.9. The third-order valence-corrected chi connectivity index (χ3v) is 12.8. The number of benzene rings is 11. The SMILES string of the molecule is C=NC(=NC(=NCc1cccc(-c2cccc(-c3cccc(-c4ccc5oc6c7ccccc7c7ccccc7c6c5c4)c3)c2)c1)c1cccc2ccccc12)c1cccc2ccccc12.CC. The molecule has 0 aliphatic rings. The van der Waals surface area contributed by atoms with Crippen molar-refractivity contribution in [3.8, 4) is 33.4 Å². The third kappa shape index (κ3) is 7.72. The van der Waals surface area contributed by atoms with E-state index in [-0.39, 0.29) is 0 Å². The number of hydrogen-bond donors (Lipinski definition) is 0. The Bertz CT molecular complexity index is 3940. The van der Waals surface area contributed by atoms with Crippen LogP contribution in [-0.4, -0.2) is 18.4 Å². The van der Waals surface area contributed by atoms with Gasteiger partial charge in [-0.1, -0.05) is 208 Å². The van der Waals surface area contributed by atoms with E-state index in [1.54, 1.807) is 0 Å². The first-order valence-corrected chi connectivity index (χ1v) is 23.3. The monoisotopic (exact) mass is 873 g/mol. The van der Waals surface area contributed by atoms with Crippen LogP contribution in [0.4, 0.5) is 0 Å². The molecule has 0 spiro atoms. The van der Waals surface area contributed by atoms with Gasteiger partial charge in [0.15, 0.2) is 11.7 Å². The second-order valence-electron chi connectivity index (χ2n) is 16.8. The van der Waals surface area contributed by atoms with Crippen molar-refractivity contribution in [2.45, 2.75) is 20.4 Å². The summed E-state index contributed by atoms with van der Waals surface area (Å²) >= 11 is 0. The average molecular weight is 874 g/mol. The quantitative estimate of drug-likeness (QED) is 0.0894. The number of fused-ring (bicyclic) bond motifs is 10. The highest BCUT2D eigenvalue weighted by molar-refractivity contribution is 6.30. The van der Waals surface area contributed by atoms with Crippen LogP contribution in [-0.2, 0) is 6.54 Å². The van der Waals surface area contributed by atoms with Gasteiger partial charge in [-0.15, -0.1) is 0 Å². The van der Waals surface area contributed by atoms with Gasteiger partial charge in [0.2, 0.25) is 0 Å². The van der Waals surface area contributed by atoms with E-state index in [9.17, 15) is 0 Å². The molecule has 1 heterocycles. The first-order chi connectivity index (χ1) is 33.7. The molecular formula is C64H47N3O. The number of aliphatic imine (C=N–C) groups is 3. The molecule has 0 saturated carbocycles. The van der Waals surface area contributed by atoms with Gasteiger partial charge in [0.25, 0.3) is 0 Å². The standard InChI is InChI=1S/C62H41N3O.C2H6/c1-63-61(55-31-13-18-41-16-2-4-25-49(41)55)65-62(56-32-14-19-42-17-3-5-26-50(42)56)64-39-40-15-10-20-43(35-40)44-21-11-22-45(36-44)46-23-12-24-47(37-46)48-33-34-58-57(38-48)59-53-29-8-6-27-51(53)52-28-7-9-30-54(52)60(59)66-58;1-2/h2-38H,1,39H2;1-2H3. The largest absolute Gasteiger partial charge is 0.455 e. The fourth-order valence-corrected chi connectivity index (χ4v) is 9.66. The maximum atomic E-state index is 6.61. The molecule has 0 bridgehead atoms. The fraction of sp³-hybridized carbons (Fsp3) is 0.0469. The molecule has 12 rings (SSSR count). The zero-order valence-corrected chi connectivity index (χ0v) is 38.0. The van der Waals surface area contributed by atoms with Gasteiger partial charge in [0.05, 0.1) is 6.54 Å². The fourth-order valence-electron chi connectivity index (χ4n) is 9.66.